The molecule has 2 aromatic carbocycles. The lowest BCUT2D eigenvalue weighted by atomic mass is 10.0. The van der Waals surface area contributed by atoms with Crippen LogP contribution in [0.15, 0.2) is 48.5 Å². The second-order valence-corrected chi connectivity index (χ2v) is 7.10. The van der Waals surface area contributed by atoms with E-state index in [9.17, 15) is 9.46 Å². The van der Waals surface area contributed by atoms with Gasteiger partial charge in [-0.25, -0.2) is 0 Å². The summed E-state index contributed by atoms with van der Waals surface area (Å²) in [5.41, 5.74) is 3.97. The Bertz CT molecular complexity index is 680. The predicted octanol–water partition coefficient (Wildman–Crippen LogP) is 3.30. The molecule has 0 spiro atoms. The van der Waals surface area contributed by atoms with Gasteiger partial charge in [-0.3, -0.25) is 4.57 Å². The Morgan fingerprint density at radius 3 is 1.96 bits per heavy atom. The van der Waals surface area contributed by atoms with Gasteiger partial charge in [-0.1, -0.05) is 48.5 Å². The van der Waals surface area contributed by atoms with Crippen LogP contribution in [0, 0.1) is 0 Å². The fraction of sp³-hybridized carbons (Fsp3) is 0.333. The van der Waals surface area contributed by atoms with E-state index in [2.05, 4.69) is 0 Å². The summed E-state index contributed by atoms with van der Waals surface area (Å²) in [6.07, 6.45) is 0.0575. The van der Waals surface area contributed by atoms with Gasteiger partial charge in [0.1, 0.15) is 0 Å². The molecule has 0 aliphatic carbocycles. The molecule has 5 nitrogen and oxygen atoms in total. The standard InChI is InChI=1S/C18H23O5P/c1-14(2)23-24(20,21)22-12-11-15-3-7-17(8-4-15)18-9-5-16(13-19)6-10-18/h3-10,14,19H,11-13H2,1-2H3,(H,20,21)/p-1. The summed E-state index contributed by atoms with van der Waals surface area (Å²) in [6, 6.07) is 15.5. The Morgan fingerprint density at radius 1 is 1.00 bits per heavy atom. The molecule has 0 saturated heterocycles. The molecular formula is C18H22O5P-. The van der Waals surface area contributed by atoms with Gasteiger partial charge in [0.15, 0.2) is 0 Å². The third-order valence-corrected chi connectivity index (χ3v) is 4.58. The molecule has 0 heterocycles. The van der Waals surface area contributed by atoms with Crippen LogP contribution in [0.1, 0.15) is 25.0 Å². The van der Waals surface area contributed by atoms with E-state index < -0.39 is 13.9 Å². The molecular weight excluding hydrogens is 327 g/mol. The van der Waals surface area contributed by atoms with Crippen molar-refractivity contribution in [2.75, 3.05) is 6.61 Å². The van der Waals surface area contributed by atoms with E-state index in [0.29, 0.717) is 6.42 Å². The predicted molar refractivity (Wildman–Crippen MR) is 91.3 cm³/mol. The van der Waals surface area contributed by atoms with Crippen molar-refractivity contribution in [1.29, 1.82) is 0 Å². The van der Waals surface area contributed by atoms with E-state index in [-0.39, 0.29) is 13.2 Å². The van der Waals surface area contributed by atoms with Gasteiger partial charge in [0.25, 0.3) is 7.82 Å². The summed E-state index contributed by atoms with van der Waals surface area (Å²) in [7, 11) is -4.22. The van der Waals surface area contributed by atoms with Crippen molar-refractivity contribution >= 4 is 7.82 Å². The van der Waals surface area contributed by atoms with E-state index in [1.54, 1.807) is 13.8 Å². The van der Waals surface area contributed by atoms with Crippen LogP contribution in [0.5, 0.6) is 0 Å². The highest BCUT2D eigenvalue weighted by atomic mass is 31.2. The summed E-state index contributed by atoms with van der Waals surface area (Å²) in [5.74, 6) is 0. The van der Waals surface area contributed by atoms with Crippen LogP contribution in [0.25, 0.3) is 11.1 Å². The number of benzene rings is 2. The minimum Gasteiger partial charge on any atom is -0.756 e. The monoisotopic (exact) mass is 349 g/mol. The molecule has 0 aromatic heterocycles. The number of hydrogen-bond acceptors (Lipinski definition) is 5. The number of aliphatic hydroxyl groups is 1. The number of phosphoric ester groups is 1. The molecule has 0 aliphatic heterocycles. The summed E-state index contributed by atoms with van der Waals surface area (Å²) < 4.78 is 21.1. The first-order valence-corrected chi connectivity index (χ1v) is 9.29. The Hall–Kier alpha value is -1.49. The molecule has 0 amide bonds. The third-order valence-electron chi connectivity index (χ3n) is 3.40. The van der Waals surface area contributed by atoms with Crippen LogP contribution in [-0.4, -0.2) is 17.8 Å². The van der Waals surface area contributed by atoms with Gasteiger partial charge >= 0.3 is 0 Å². The maximum Gasteiger partial charge on any atom is 0.268 e. The van der Waals surface area contributed by atoms with Crippen LogP contribution >= 0.6 is 7.82 Å². The molecule has 1 atom stereocenters. The molecule has 0 bridgehead atoms. The van der Waals surface area contributed by atoms with E-state index in [4.69, 9.17) is 14.2 Å². The number of phosphoric acid groups is 1. The van der Waals surface area contributed by atoms with E-state index in [0.717, 1.165) is 22.3 Å². The minimum absolute atomic E-state index is 0.0311. The van der Waals surface area contributed by atoms with E-state index in [1.165, 1.54) is 0 Å². The second kappa shape index (κ2) is 8.56. The maximum atomic E-state index is 11.5. The molecule has 2 aromatic rings. The Balaban J connectivity index is 1.91. The summed E-state index contributed by atoms with van der Waals surface area (Å²) in [6.45, 7) is 3.36. The van der Waals surface area contributed by atoms with Crippen molar-refractivity contribution in [3.8, 4) is 11.1 Å². The summed E-state index contributed by atoms with van der Waals surface area (Å²) >= 11 is 0. The molecule has 130 valence electrons. The quantitative estimate of drug-likeness (QED) is 0.740. The highest BCUT2D eigenvalue weighted by Gasteiger charge is 2.11. The SMILES string of the molecule is CC(C)OP(=O)([O-])OCCc1ccc(-c2ccc(CO)cc2)cc1. The van der Waals surface area contributed by atoms with Gasteiger partial charge in [-0.05, 0) is 42.5 Å². The van der Waals surface area contributed by atoms with E-state index >= 15 is 0 Å². The lowest BCUT2D eigenvalue weighted by molar-refractivity contribution is -0.228. The molecule has 1 N–H and O–H groups in total. The van der Waals surface area contributed by atoms with Gasteiger partial charge in [0, 0.05) is 0 Å². The van der Waals surface area contributed by atoms with Crippen LogP contribution < -0.4 is 4.89 Å². The van der Waals surface area contributed by atoms with Crippen molar-refractivity contribution in [1.82, 2.24) is 0 Å². The third kappa shape index (κ3) is 5.86. The number of rotatable bonds is 8. The lowest BCUT2D eigenvalue weighted by Gasteiger charge is -2.24. The lowest BCUT2D eigenvalue weighted by Crippen LogP contribution is -2.13. The molecule has 1 unspecified atom stereocenters. The topological polar surface area (TPSA) is 78.8 Å². The smallest absolute Gasteiger partial charge is 0.268 e. The van der Waals surface area contributed by atoms with Crippen LogP contribution in [0.4, 0.5) is 0 Å². The average Bonchev–Trinajstić information content (AvgIpc) is 2.54. The first-order chi connectivity index (χ1) is 11.4. The van der Waals surface area contributed by atoms with Crippen LogP contribution in [-0.2, 0) is 26.6 Å². The number of aliphatic hydroxyl groups excluding tert-OH is 1. The molecule has 0 radical (unpaired) electrons. The van der Waals surface area contributed by atoms with Gasteiger partial charge in [-0.15, -0.1) is 0 Å². The Labute approximate surface area is 142 Å². The largest absolute Gasteiger partial charge is 0.756 e. The summed E-state index contributed by atoms with van der Waals surface area (Å²) in [4.78, 5) is 11.5. The van der Waals surface area contributed by atoms with Crippen molar-refractivity contribution in [3.63, 3.8) is 0 Å². The zero-order valence-electron chi connectivity index (χ0n) is 13.8. The normalized spacial score (nSPS) is 13.9. The van der Waals surface area contributed by atoms with Crippen LogP contribution in [0.3, 0.4) is 0 Å². The highest BCUT2D eigenvalue weighted by Crippen LogP contribution is 2.39. The average molecular weight is 349 g/mol. The zero-order chi connectivity index (χ0) is 17.6. The van der Waals surface area contributed by atoms with Crippen molar-refractivity contribution in [2.45, 2.75) is 33.0 Å². The van der Waals surface area contributed by atoms with Crippen molar-refractivity contribution < 1.29 is 23.6 Å². The van der Waals surface area contributed by atoms with Crippen molar-refractivity contribution in [2.24, 2.45) is 0 Å². The highest BCUT2D eigenvalue weighted by molar-refractivity contribution is 7.45. The zero-order valence-corrected chi connectivity index (χ0v) is 14.7. The number of hydrogen-bond donors (Lipinski definition) is 1. The van der Waals surface area contributed by atoms with Gasteiger partial charge in [-0.2, -0.15) is 0 Å². The minimum atomic E-state index is -4.22. The first-order valence-electron chi connectivity index (χ1n) is 7.83. The molecule has 2 rings (SSSR count). The Kier molecular flexibility index (Phi) is 6.72. The van der Waals surface area contributed by atoms with Gasteiger partial charge < -0.3 is 19.0 Å². The fourth-order valence-corrected chi connectivity index (χ4v) is 3.12. The molecule has 0 saturated carbocycles. The van der Waals surface area contributed by atoms with Gasteiger partial charge in [0.2, 0.25) is 0 Å². The maximum absolute atomic E-state index is 11.5. The van der Waals surface area contributed by atoms with Crippen molar-refractivity contribution in [3.05, 3.63) is 59.7 Å². The first kappa shape index (κ1) is 18.8. The summed E-state index contributed by atoms with van der Waals surface area (Å²) in [5, 5.41) is 9.06. The molecule has 0 aliphatic rings. The van der Waals surface area contributed by atoms with Gasteiger partial charge in [0.05, 0.1) is 19.3 Å². The van der Waals surface area contributed by atoms with E-state index in [1.807, 2.05) is 48.5 Å². The fourth-order valence-electron chi connectivity index (χ4n) is 2.23. The Morgan fingerprint density at radius 2 is 1.50 bits per heavy atom. The van der Waals surface area contributed by atoms with Crippen LogP contribution in [0.2, 0.25) is 0 Å². The molecule has 6 heteroatoms. The molecule has 24 heavy (non-hydrogen) atoms. The second-order valence-electron chi connectivity index (χ2n) is 5.74. The molecule has 0 fully saturated rings.